The van der Waals surface area contributed by atoms with Crippen LogP contribution in [0.3, 0.4) is 0 Å². The maximum Gasteiger partial charge on any atom is 0.308 e. The number of aliphatic carboxylic acids is 1. The van der Waals surface area contributed by atoms with Crippen LogP contribution in [-0.4, -0.2) is 41.6 Å². The Balaban J connectivity index is 2.44. The van der Waals surface area contributed by atoms with Crippen molar-refractivity contribution in [1.82, 2.24) is 4.90 Å². The Morgan fingerprint density at radius 3 is 2.62 bits per heavy atom. The van der Waals surface area contributed by atoms with E-state index in [0.29, 0.717) is 17.3 Å². The molecule has 0 aliphatic heterocycles. The molecule has 1 rings (SSSR count). The molecule has 1 aromatic carbocycles. The minimum atomic E-state index is -0.909. The number of hydrogen-bond donors (Lipinski definition) is 1. The highest BCUT2D eigenvalue weighted by molar-refractivity contribution is 6.32. The summed E-state index contributed by atoms with van der Waals surface area (Å²) in [5, 5.41) is 9.38. The van der Waals surface area contributed by atoms with Gasteiger partial charge in [-0.2, -0.15) is 0 Å². The summed E-state index contributed by atoms with van der Waals surface area (Å²) in [4.78, 5) is 24.4. The minimum absolute atomic E-state index is 0.127. The van der Waals surface area contributed by atoms with Gasteiger partial charge < -0.3 is 14.7 Å². The molecule has 1 amide bonds. The second kappa shape index (κ2) is 8.52. The van der Waals surface area contributed by atoms with Crippen LogP contribution < -0.4 is 4.74 Å². The lowest BCUT2D eigenvalue weighted by atomic mass is 10.1. The monoisotopic (exact) mass is 313 g/mol. The van der Waals surface area contributed by atoms with Crippen molar-refractivity contribution in [1.29, 1.82) is 0 Å². The molecule has 0 saturated heterocycles. The summed E-state index contributed by atoms with van der Waals surface area (Å²) in [7, 11) is 0. The smallest absolute Gasteiger partial charge is 0.308 e. The van der Waals surface area contributed by atoms with E-state index in [0.717, 1.165) is 0 Å². The maximum atomic E-state index is 12.0. The highest BCUT2D eigenvalue weighted by Gasteiger charge is 2.19. The number of nitrogens with zero attached hydrogens (tertiary/aromatic N) is 1. The van der Waals surface area contributed by atoms with Gasteiger partial charge in [0.1, 0.15) is 5.75 Å². The van der Waals surface area contributed by atoms with Gasteiger partial charge in [0.2, 0.25) is 5.91 Å². The van der Waals surface area contributed by atoms with Crippen LogP contribution in [0.2, 0.25) is 5.02 Å². The number of halogens is 1. The van der Waals surface area contributed by atoms with E-state index in [9.17, 15) is 9.59 Å². The van der Waals surface area contributed by atoms with E-state index in [1.54, 1.807) is 31.2 Å². The fourth-order valence-corrected chi connectivity index (χ4v) is 1.97. The van der Waals surface area contributed by atoms with E-state index in [4.69, 9.17) is 21.4 Å². The zero-order valence-electron chi connectivity index (χ0n) is 12.2. The Labute approximate surface area is 129 Å². The number of carboxylic acids is 1. The molecule has 0 aliphatic rings. The highest BCUT2D eigenvalue weighted by Crippen LogP contribution is 2.23. The maximum absolute atomic E-state index is 12.0. The first-order chi connectivity index (χ1) is 9.95. The molecule has 0 fully saturated rings. The molecular weight excluding hydrogens is 294 g/mol. The van der Waals surface area contributed by atoms with Gasteiger partial charge in [-0.3, -0.25) is 9.59 Å². The second-order valence-corrected chi connectivity index (χ2v) is 5.11. The van der Waals surface area contributed by atoms with Crippen LogP contribution in [0.1, 0.15) is 20.3 Å². The number of benzene rings is 1. The first-order valence-corrected chi connectivity index (χ1v) is 7.21. The quantitative estimate of drug-likeness (QED) is 0.801. The third-order valence-corrected chi connectivity index (χ3v) is 3.37. The van der Waals surface area contributed by atoms with Crippen molar-refractivity contribution in [2.45, 2.75) is 20.3 Å². The molecule has 0 radical (unpaired) electrons. The van der Waals surface area contributed by atoms with Crippen LogP contribution in [0.15, 0.2) is 24.3 Å². The lowest BCUT2D eigenvalue weighted by Gasteiger charge is -2.23. The van der Waals surface area contributed by atoms with E-state index in [1.165, 1.54) is 4.90 Å². The lowest BCUT2D eigenvalue weighted by molar-refractivity contribution is -0.143. The zero-order chi connectivity index (χ0) is 15.8. The molecule has 0 heterocycles. The van der Waals surface area contributed by atoms with Crippen LogP contribution in [0, 0.1) is 5.92 Å². The van der Waals surface area contributed by atoms with Gasteiger partial charge in [-0.25, -0.2) is 0 Å². The Morgan fingerprint density at radius 2 is 2.05 bits per heavy atom. The van der Waals surface area contributed by atoms with E-state index >= 15 is 0 Å². The summed E-state index contributed by atoms with van der Waals surface area (Å²) >= 11 is 5.95. The number of rotatable bonds is 8. The first-order valence-electron chi connectivity index (χ1n) is 6.83. The number of hydrogen-bond acceptors (Lipinski definition) is 3. The number of para-hydroxylation sites is 1. The fraction of sp³-hybridized carbons (Fsp3) is 0.467. The number of carbonyl (C=O) groups excluding carboxylic acids is 1. The molecule has 0 saturated carbocycles. The van der Waals surface area contributed by atoms with Gasteiger partial charge in [0, 0.05) is 13.1 Å². The third-order valence-electron chi connectivity index (χ3n) is 3.06. The Kier molecular flexibility index (Phi) is 7.02. The van der Waals surface area contributed by atoms with Crippen molar-refractivity contribution in [2.75, 3.05) is 19.7 Å². The van der Waals surface area contributed by atoms with Crippen molar-refractivity contribution >= 4 is 23.5 Å². The van der Waals surface area contributed by atoms with E-state index in [1.807, 2.05) is 6.92 Å². The van der Waals surface area contributed by atoms with Gasteiger partial charge in [0.15, 0.2) is 0 Å². The summed E-state index contributed by atoms with van der Waals surface area (Å²) in [5.74, 6) is -1.08. The predicted molar refractivity (Wildman–Crippen MR) is 80.6 cm³/mol. The SMILES string of the molecule is CCN(CC(C)C(=O)O)C(=O)CCOc1ccccc1Cl. The van der Waals surface area contributed by atoms with Gasteiger partial charge in [-0.15, -0.1) is 0 Å². The van der Waals surface area contributed by atoms with Gasteiger partial charge in [-0.1, -0.05) is 30.7 Å². The molecule has 116 valence electrons. The van der Waals surface area contributed by atoms with Gasteiger partial charge in [-0.05, 0) is 19.1 Å². The molecule has 1 unspecified atom stereocenters. The standard InChI is InChI=1S/C15H20ClNO4/c1-3-17(10-11(2)15(19)20)14(18)8-9-21-13-7-5-4-6-12(13)16/h4-7,11H,3,8-10H2,1-2H3,(H,19,20). The molecule has 0 aromatic heterocycles. The molecule has 1 N–H and O–H groups in total. The third kappa shape index (κ3) is 5.63. The van der Waals surface area contributed by atoms with Crippen LogP contribution in [-0.2, 0) is 9.59 Å². The summed E-state index contributed by atoms with van der Waals surface area (Å²) in [6.07, 6.45) is 0.186. The first kappa shape index (κ1) is 17.3. The second-order valence-electron chi connectivity index (χ2n) is 4.70. The van der Waals surface area contributed by atoms with E-state index in [-0.39, 0.29) is 25.5 Å². The predicted octanol–water partition coefficient (Wildman–Crippen LogP) is 2.68. The van der Waals surface area contributed by atoms with Crippen molar-refractivity contribution < 1.29 is 19.4 Å². The average Bonchev–Trinajstić information content (AvgIpc) is 2.46. The molecule has 1 atom stereocenters. The summed E-state index contributed by atoms with van der Waals surface area (Å²) in [6.45, 7) is 4.29. The molecule has 6 heteroatoms. The topological polar surface area (TPSA) is 66.8 Å². The number of carbonyl (C=O) groups is 2. The molecule has 0 bridgehead atoms. The van der Waals surface area contributed by atoms with Crippen LogP contribution >= 0.6 is 11.6 Å². The summed E-state index contributed by atoms with van der Waals surface area (Å²) in [6, 6.07) is 7.05. The molecule has 21 heavy (non-hydrogen) atoms. The average molecular weight is 314 g/mol. The normalized spacial score (nSPS) is 11.8. The largest absolute Gasteiger partial charge is 0.491 e. The fourth-order valence-electron chi connectivity index (χ4n) is 1.78. The Bertz CT molecular complexity index is 492. The van der Waals surface area contributed by atoms with Crippen molar-refractivity contribution in [3.8, 4) is 5.75 Å². The highest BCUT2D eigenvalue weighted by atomic mass is 35.5. The van der Waals surface area contributed by atoms with Gasteiger partial charge >= 0.3 is 5.97 Å². The minimum Gasteiger partial charge on any atom is -0.491 e. The lowest BCUT2D eigenvalue weighted by Crippen LogP contribution is -2.37. The van der Waals surface area contributed by atoms with Gasteiger partial charge in [0.05, 0.1) is 24.0 Å². The Morgan fingerprint density at radius 1 is 1.38 bits per heavy atom. The number of carboxylic acid groups (broad SMARTS) is 1. The zero-order valence-corrected chi connectivity index (χ0v) is 13.0. The number of ether oxygens (including phenoxy) is 1. The summed E-state index contributed by atoms with van der Waals surface area (Å²) < 4.78 is 5.46. The van der Waals surface area contributed by atoms with Crippen LogP contribution in [0.4, 0.5) is 0 Å². The van der Waals surface area contributed by atoms with Gasteiger partial charge in [0.25, 0.3) is 0 Å². The van der Waals surface area contributed by atoms with Crippen molar-refractivity contribution in [2.24, 2.45) is 5.92 Å². The van der Waals surface area contributed by atoms with E-state index in [2.05, 4.69) is 0 Å². The van der Waals surface area contributed by atoms with Crippen LogP contribution in [0.25, 0.3) is 0 Å². The molecule has 5 nitrogen and oxygen atoms in total. The van der Waals surface area contributed by atoms with E-state index < -0.39 is 11.9 Å². The molecule has 0 spiro atoms. The molecule has 1 aromatic rings. The summed E-state index contributed by atoms with van der Waals surface area (Å²) in [5.41, 5.74) is 0. The van der Waals surface area contributed by atoms with Crippen molar-refractivity contribution in [3.63, 3.8) is 0 Å². The van der Waals surface area contributed by atoms with Crippen LogP contribution in [0.5, 0.6) is 5.75 Å². The molecule has 0 aliphatic carbocycles. The number of amides is 1. The molecular formula is C15H20ClNO4. The van der Waals surface area contributed by atoms with Crippen molar-refractivity contribution in [3.05, 3.63) is 29.3 Å². The Hall–Kier alpha value is -1.75.